The maximum absolute atomic E-state index is 11.7. The zero-order valence-electron chi connectivity index (χ0n) is 28.0. The van der Waals surface area contributed by atoms with E-state index >= 15 is 0 Å². The summed E-state index contributed by atoms with van der Waals surface area (Å²) >= 11 is 14.3. The van der Waals surface area contributed by atoms with Gasteiger partial charge in [0.15, 0.2) is 5.82 Å². The molecule has 3 N–H and O–H groups in total. The second-order valence-corrected chi connectivity index (χ2v) is 13.7. The normalized spacial score (nSPS) is 18.9. The molecule has 3 aliphatic heterocycles. The molecule has 0 bridgehead atoms. The van der Waals surface area contributed by atoms with Crippen molar-refractivity contribution in [1.82, 2.24) is 35.8 Å². The van der Waals surface area contributed by atoms with E-state index in [1.807, 2.05) is 48.5 Å². The van der Waals surface area contributed by atoms with Crippen LogP contribution in [0.5, 0.6) is 11.8 Å². The van der Waals surface area contributed by atoms with Crippen molar-refractivity contribution in [3.05, 3.63) is 75.4 Å². The third-order valence-corrected chi connectivity index (χ3v) is 10.4. The Bertz CT molecular complexity index is 1920. The maximum Gasteiger partial charge on any atom is 0.221 e. The summed E-state index contributed by atoms with van der Waals surface area (Å²) in [5, 5.41) is 10.4. The van der Waals surface area contributed by atoms with Crippen LogP contribution >= 0.6 is 23.2 Å². The first-order chi connectivity index (χ1) is 24.3. The molecule has 13 heteroatoms. The van der Waals surface area contributed by atoms with Crippen LogP contribution in [0.2, 0.25) is 10.0 Å². The number of aromatic nitrogens is 3. The van der Waals surface area contributed by atoms with Gasteiger partial charge in [-0.15, -0.1) is 0 Å². The number of nitrogens with one attached hydrogen (secondary N) is 3. The molecule has 2 aromatic carbocycles. The van der Waals surface area contributed by atoms with Crippen LogP contribution in [-0.4, -0.2) is 77.6 Å². The highest BCUT2D eigenvalue weighted by Crippen LogP contribution is 2.42. The highest BCUT2D eigenvalue weighted by Gasteiger charge is 2.29. The van der Waals surface area contributed by atoms with Gasteiger partial charge < -0.3 is 25.4 Å². The summed E-state index contributed by atoms with van der Waals surface area (Å²) in [4.78, 5) is 40.1. The first kappa shape index (κ1) is 34.2. The van der Waals surface area contributed by atoms with Crippen LogP contribution in [0, 0.1) is 0 Å². The van der Waals surface area contributed by atoms with Crippen LogP contribution < -0.4 is 25.4 Å². The van der Waals surface area contributed by atoms with Gasteiger partial charge >= 0.3 is 0 Å². The Kier molecular flexibility index (Phi) is 10.2. The molecule has 0 saturated carbocycles. The first-order valence-electron chi connectivity index (χ1n) is 16.9. The molecule has 2 saturated heterocycles. The van der Waals surface area contributed by atoms with Crippen LogP contribution in [-0.2, 0) is 29.1 Å². The second-order valence-electron chi connectivity index (χ2n) is 12.9. The summed E-state index contributed by atoms with van der Waals surface area (Å²) in [7, 11) is 3.22. The summed E-state index contributed by atoms with van der Waals surface area (Å²) in [5.41, 5.74) is 6.38. The number of fused-ring (bicyclic) bond motifs is 1. The highest BCUT2D eigenvalue weighted by molar-refractivity contribution is 6.39. The minimum absolute atomic E-state index is 0.0979. The predicted molar refractivity (Wildman–Crippen MR) is 192 cm³/mol. The summed E-state index contributed by atoms with van der Waals surface area (Å²) in [6.45, 7) is 3.49. The number of carbonyl (C=O) groups excluding carboxylic acids is 2. The maximum atomic E-state index is 11.7. The molecule has 2 aromatic heterocycles. The molecular weight excluding hydrogens is 677 g/mol. The smallest absolute Gasteiger partial charge is 0.221 e. The number of rotatable bonds is 11. The Morgan fingerprint density at radius 1 is 0.800 bits per heavy atom. The van der Waals surface area contributed by atoms with Crippen molar-refractivity contribution in [2.45, 2.75) is 57.3 Å². The lowest BCUT2D eigenvalue weighted by Crippen LogP contribution is -2.41. The molecular formula is C37H39Cl2N7O4. The molecule has 2 unspecified atom stereocenters. The average Bonchev–Trinajstić information content (AvgIpc) is 3.74. The molecule has 11 nitrogen and oxygen atoms in total. The lowest BCUT2D eigenvalue weighted by atomic mass is 9.98. The third-order valence-electron chi connectivity index (χ3n) is 9.59. The lowest BCUT2D eigenvalue weighted by molar-refractivity contribution is -0.120. The molecule has 50 heavy (non-hydrogen) atoms. The van der Waals surface area contributed by atoms with E-state index in [1.54, 1.807) is 14.2 Å². The van der Waals surface area contributed by atoms with E-state index in [9.17, 15) is 9.59 Å². The monoisotopic (exact) mass is 715 g/mol. The first-order valence-corrected chi connectivity index (χ1v) is 17.6. The van der Waals surface area contributed by atoms with Gasteiger partial charge in [-0.2, -0.15) is 4.98 Å². The Labute approximate surface area is 301 Å². The average molecular weight is 717 g/mol. The number of nitrogens with zero attached hydrogens (tertiary/aromatic N) is 4. The van der Waals surface area contributed by atoms with E-state index in [4.69, 9.17) is 47.6 Å². The van der Waals surface area contributed by atoms with Crippen molar-refractivity contribution in [3.63, 3.8) is 0 Å². The molecule has 2 fully saturated rings. The van der Waals surface area contributed by atoms with Gasteiger partial charge in [-0.25, -0.2) is 9.97 Å². The molecule has 260 valence electrons. The minimum atomic E-state index is 0.0979. The van der Waals surface area contributed by atoms with Crippen molar-refractivity contribution >= 4 is 35.0 Å². The Morgan fingerprint density at radius 2 is 1.46 bits per heavy atom. The van der Waals surface area contributed by atoms with E-state index in [0.29, 0.717) is 71.4 Å². The number of ether oxygens (including phenoxy) is 2. The zero-order chi connectivity index (χ0) is 34.8. The third kappa shape index (κ3) is 7.14. The Balaban J connectivity index is 1.13. The fourth-order valence-electron chi connectivity index (χ4n) is 7.00. The molecule has 2 amide bonds. The van der Waals surface area contributed by atoms with Gasteiger partial charge in [-0.3, -0.25) is 14.5 Å². The predicted octanol–water partition coefficient (Wildman–Crippen LogP) is 5.20. The Morgan fingerprint density at radius 3 is 2.14 bits per heavy atom. The molecule has 5 heterocycles. The van der Waals surface area contributed by atoms with Crippen molar-refractivity contribution in [3.8, 4) is 45.5 Å². The summed E-state index contributed by atoms with van der Waals surface area (Å²) in [5.74, 6) is 1.73. The number of pyridine rings is 1. The molecule has 2 atom stereocenters. The summed E-state index contributed by atoms with van der Waals surface area (Å²) < 4.78 is 11.4. The van der Waals surface area contributed by atoms with Crippen molar-refractivity contribution in [2.24, 2.45) is 0 Å². The van der Waals surface area contributed by atoms with Crippen LogP contribution in [0.15, 0.2) is 48.5 Å². The van der Waals surface area contributed by atoms with E-state index < -0.39 is 0 Å². The van der Waals surface area contributed by atoms with Gasteiger partial charge in [0.1, 0.15) is 0 Å². The number of halogens is 2. The van der Waals surface area contributed by atoms with Gasteiger partial charge in [0.05, 0.1) is 35.7 Å². The molecule has 0 radical (unpaired) electrons. The Hall–Kier alpha value is -4.29. The topological polar surface area (TPSA) is 131 Å². The van der Waals surface area contributed by atoms with E-state index in [2.05, 4.69) is 20.9 Å². The number of hydrogen-bond donors (Lipinski definition) is 3. The van der Waals surface area contributed by atoms with Gasteiger partial charge in [0.25, 0.3) is 0 Å². The fourth-order valence-corrected chi connectivity index (χ4v) is 7.64. The zero-order valence-corrected chi connectivity index (χ0v) is 29.5. The van der Waals surface area contributed by atoms with Crippen molar-refractivity contribution < 1.29 is 19.1 Å². The van der Waals surface area contributed by atoms with Crippen molar-refractivity contribution in [1.29, 1.82) is 0 Å². The van der Waals surface area contributed by atoms with Gasteiger partial charge in [0.2, 0.25) is 23.6 Å². The number of benzene rings is 2. The summed E-state index contributed by atoms with van der Waals surface area (Å²) in [6, 6.07) is 15.8. The van der Waals surface area contributed by atoms with E-state index in [0.717, 1.165) is 65.9 Å². The fraction of sp³-hybridized carbons (Fsp3) is 0.378. The van der Waals surface area contributed by atoms with Gasteiger partial charge in [-0.1, -0.05) is 59.6 Å². The largest absolute Gasteiger partial charge is 0.481 e. The second kappa shape index (κ2) is 14.9. The van der Waals surface area contributed by atoms with E-state index in [-0.39, 0.29) is 23.9 Å². The van der Waals surface area contributed by atoms with Crippen LogP contribution in [0.3, 0.4) is 0 Å². The molecule has 4 aromatic rings. The number of amides is 2. The van der Waals surface area contributed by atoms with E-state index in [1.165, 1.54) is 0 Å². The lowest BCUT2D eigenvalue weighted by Gasteiger charge is -2.30. The number of hydrogen-bond acceptors (Lipinski definition) is 9. The van der Waals surface area contributed by atoms with Crippen molar-refractivity contribution in [2.75, 3.05) is 33.9 Å². The number of methoxy groups -OCH3 is 2. The summed E-state index contributed by atoms with van der Waals surface area (Å²) in [6.07, 6.45) is 3.58. The standard InChI is InChI=1S/C37H39Cl2N7O4/c1-49-36-21(17-40-18-22-10-13-31(47)41-22)9-12-29(44-36)26-7-3-5-24(33(26)38)25-6-4-8-27(34(25)39)35-43-30-15-16-46(19-23-11-14-32(48)42-23)20-28(30)37(45-35)50-2/h3-9,12,22-23,40H,10-11,13-20H2,1-2H3,(H,41,47)(H,42,48). The highest BCUT2D eigenvalue weighted by atomic mass is 35.5. The molecule has 7 rings (SSSR count). The minimum Gasteiger partial charge on any atom is -0.481 e. The van der Waals surface area contributed by atoms with Gasteiger partial charge in [-0.05, 0) is 25.0 Å². The SMILES string of the molecule is COc1nc(-c2cccc(-c3cccc(-c4nc5c(c(OC)n4)CN(CC4CCC(=O)N4)CC5)c3Cl)c2Cl)ccc1CNCC1CCC(=O)N1. The molecule has 0 spiro atoms. The van der Waals surface area contributed by atoms with Crippen LogP contribution in [0.1, 0.15) is 42.5 Å². The van der Waals surface area contributed by atoms with Crippen LogP contribution in [0.25, 0.3) is 33.8 Å². The quantitative estimate of drug-likeness (QED) is 0.192. The van der Waals surface area contributed by atoms with Crippen LogP contribution in [0.4, 0.5) is 0 Å². The number of carbonyl (C=O) groups is 2. The molecule has 3 aliphatic rings. The molecule has 0 aliphatic carbocycles. The van der Waals surface area contributed by atoms with Gasteiger partial charge in [0, 0.05) is 97.5 Å².